The predicted molar refractivity (Wildman–Crippen MR) is 115 cm³/mol. The summed E-state index contributed by atoms with van der Waals surface area (Å²) in [5, 5.41) is 3.49. The van der Waals surface area contributed by atoms with Crippen molar-refractivity contribution in [1.82, 2.24) is 19.9 Å². The molecule has 1 aliphatic heterocycles. The molecule has 4 aromatic rings. The van der Waals surface area contributed by atoms with Crippen LogP contribution in [-0.4, -0.2) is 27.6 Å². The first kappa shape index (κ1) is 17.7. The Balaban J connectivity index is 1.52. The second-order valence-corrected chi connectivity index (χ2v) is 7.36. The minimum atomic E-state index is 0.433. The SMILES string of the molecule is Nc1ncnc2c(C3CCCNC3)cn(-c3ccc(Oc4ccccc4)cc3)c12. The number of hydrogen-bond donors (Lipinski definition) is 2. The first-order valence-corrected chi connectivity index (χ1v) is 9.95. The number of anilines is 1. The van der Waals surface area contributed by atoms with Gasteiger partial charge in [0.15, 0.2) is 5.82 Å². The summed E-state index contributed by atoms with van der Waals surface area (Å²) < 4.78 is 8.01. The molecule has 146 valence electrons. The van der Waals surface area contributed by atoms with Gasteiger partial charge < -0.3 is 20.4 Å². The van der Waals surface area contributed by atoms with Gasteiger partial charge in [0.1, 0.15) is 23.3 Å². The number of nitrogens with zero attached hydrogens (tertiary/aromatic N) is 3. The molecule has 1 saturated heterocycles. The zero-order valence-electron chi connectivity index (χ0n) is 16.1. The minimum absolute atomic E-state index is 0.433. The molecule has 0 amide bonds. The Hall–Kier alpha value is -3.38. The summed E-state index contributed by atoms with van der Waals surface area (Å²) in [6.45, 7) is 2.04. The van der Waals surface area contributed by atoms with Crippen LogP contribution in [0.3, 0.4) is 0 Å². The lowest BCUT2D eigenvalue weighted by molar-refractivity contribution is 0.463. The number of hydrogen-bond acceptors (Lipinski definition) is 5. The van der Waals surface area contributed by atoms with Gasteiger partial charge in [0.25, 0.3) is 0 Å². The summed E-state index contributed by atoms with van der Waals surface area (Å²) in [5.41, 5.74) is 10.3. The van der Waals surface area contributed by atoms with Crippen LogP contribution in [0.2, 0.25) is 0 Å². The standard InChI is InChI=1S/C23H23N5O/c24-23-22-21(26-15-27-23)20(16-5-4-12-25-13-16)14-28(22)17-8-10-19(11-9-17)29-18-6-2-1-3-7-18/h1-3,6-11,14-16,25H,4-5,12-13H2,(H2,24,26,27). The number of para-hydroxylation sites is 1. The van der Waals surface area contributed by atoms with Crippen LogP contribution < -0.4 is 15.8 Å². The molecular weight excluding hydrogens is 362 g/mol. The van der Waals surface area contributed by atoms with Crippen molar-refractivity contribution < 1.29 is 4.74 Å². The highest BCUT2D eigenvalue weighted by atomic mass is 16.5. The molecule has 29 heavy (non-hydrogen) atoms. The van der Waals surface area contributed by atoms with Gasteiger partial charge in [0.05, 0.1) is 5.52 Å². The van der Waals surface area contributed by atoms with Crippen LogP contribution in [0.4, 0.5) is 5.82 Å². The Morgan fingerprint density at radius 3 is 2.55 bits per heavy atom. The van der Waals surface area contributed by atoms with Crippen molar-refractivity contribution in [2.45, 2.75) is 18.8 Å². The molecule has 2 aromatic carbocycles. The third-order valence-electron chi connectivity index (χ3n) is 5.46. The number of aromatic nitrogens is 3. The van der Waals surface area contributed by atoms with Gasteiger partial charge >= 0.3 is 0 Å². The Bertz CT molecular complexity index is 1120. The van der Waals surface area contributed by atoms with Crippen molar-refractivity contribution >= 4 is 16.9 Å². The van der Waals surface area contributed by atoms with E-state index in [4.69, 9.17) is 10.5 Å². The van der Waals surface area contributed by atoms with Crippen LogP contribution in [0, 0.1) is 0 Å². The van der Waals surface area contributed by atoms with E-state index in [1.54, 1.807) is 6.33 Å². The van der Waals surface area contributed by atoms with E-state index in [1.807, 2.05) is 54.6 Å². The number of ether oxygens (including phenoxy) is 1. The summed E-state index contributed by atoms with van der Waals surface area (Å²) in [6.07, 6.45) is 6.04. The Morgan fingerprint density at radius 2 is 1.79 bits per heavy atom. The number of nitrogens with one attached hydrogen (secondary N) is 1. The third-order valence-corrected chi connectivity index (χ3v) is 5.46. The van der Waals surface area contributed by atoms with Crippen molar-refractivity contribution in [2.24, 2.45) is 0 Å². The number of piperidine rings is 1. The van der Waals surface area contributed by atoms with E-state index >= 15 is 0 Å². The van der Waals surface area contributed by atoms with Crippen LogP contribution >= 0.6 is 0 Å². The van der Waals surface area contributed by atoms with Crippen LogP contribution in [0.1, 0.15) is 24.3 Å². The van der Waals surface area contributed by atoms with Crippen molar-refractivity contribution in [3.8, 4) is 17.2 Å². The Kier molecular flexibility index (Phi) is 4.62. The summed E-state index contributed by atoms with van der Waals surface area (Å²) in [7, 11) is 0. The van der Waals surface area contributed by atoms with Gasteiger partial charge in [0.2, 0.25) is 0 Å². The minimum Gasteiger partial charge on any atom is -0.457 e. The number of nitrogens with two attached hydrogens (primary N) is 1. The van der Waals surface area contributed by atoms with E-state index in [0.29, 0.717) is 11.7 Å². The van der Waals surface area contributed by atoms with Crippen molar-refractivity contribution in [1.29, 1.82) is 0 Å². The molecule has 6 nitrogen and oxygen atoms in total. The highest BCUT2D eigenvalue weighted by Crippen LogP contribution is 2.34. The molecule has 5 rings (SSSR count). The molecule has 1 fully saturated rings. The second kappa shape index (κ2) is 7.56. The van der Waals surface area contributed by atoms with Gasteiger partial charge in [-0.15, -0.1) is 0 Å². The maximum Gasteiger partial charge on any atom is 0.151 e. The molecule has 3 N–H and O–H groups in total. The second-order valence-electron chi connectivity index (χ2n) is 7.36. The predicted octanol–water partition coefficient (Wildman–Crippen LogP) is 4.26. The summed E-state index contributed by atoms with van der Waals surface area (Å²) >= 11 is 0. The fraction of sp³-hybridized carbons (Fsp3) is 0.217. The first-order valence-electron chi connectivity index (χ1n) is 9.95. The van der Waals surface area contributed by atoms with E-state index in [9.17, 15) is 0 Å². The van der Waals surface area contributed by atoms with Gasteiger partial charge in [-0.25, -0.2) is 9.97 Å². The van der Waals surface area contributed by atoms with Gasteiger partial charge in [0, 0.05) is 29.9 Å². The molecule has 0 saturated carbocycles. The quantitative estimate of drug-likeness (QED) is 0.549. The fourth-order valence-corrected chi connectivity index (χ4v) is 4.03. The Labute approximate surface area is 169 Å². The van der Waals surface area contributed by atoms with E-state index in [-0.39, 0.29) is 0 Å². The molecule has 3 heterocycles. The molecule has 6 heteroatoms. The lowest BCUT2D eigenvalue weighted by Gasteiger charge is -2.22. The number of benzene rings is 2. The monoisotopic (exact) mass is 385 g/mol. The zero-order chi connectivity index (χ0) is 19.6. The van der Waals surface area contributed by atoms with Gasteiger partial charge in [-0.1, -0.05) is 18.2 Å². The van der Waals surface area contributed by atoms with E-state index in [2.05, 4.69) is 26.0 Å². The average molecular weight is 385 g/mol. The molecule has 0 bridgehead atoms. The Morgan fingerprint density at radius 1 is 1.00 bits per heavy atom. The van der Waals surface area contributed by atoms with Gasteiger partial charge in [-0.3, -0.25) is 0 Å². The lowest BCUT2D eigenvalue weighted by Crippen LogP contribution is -2.28. The molecule has 1 aliphatic rings. The van der Waals surface area contributed by atoms with E-state index in [1.165, 1.54) is 12.0 Å². The topological polar surface area (TPSA) is 78.0 Å². The molecule has 1 atom stereocenters. The zero-order valence-corrected chi connectivity index (χ0v) is 16.1. The molecule has 0 spiro atoms. The third kappa shape index (κ3) is 3.43. The summed E-state index contributed by atoms with van der Waals surface area (Å²) in [5.74, 6) is 2.53. The molecular formula is C23H23N5O. The summed E-state index contributed by atoms with van der Waals surface area (Å²) in [4.78, 5) is 8.80. The van der Waals surface area contributed by atoms with Gasteiger partial charge in [-0.05, 0) is 55.8 Å². The van der Waals surface area contributed by atoms with E-state index in [0.717, 1.165) is 47.7 Å². The van der Waals surface area contributed by atoms with Crippen LogP contribution in [0.5, 0.6) is 11.5 Å². The highest BCUT2D eigenvalue weighted by molar-refractivity contribution is 5.90. The number of nitrogen functional groups attached to an aromatic ring is 1. The maximum absolute atomic E-state index is 6.26. The maximum atomic E-state index is 6.26. The van der Waals surface area contributed by atoms with Crippen molar-refractivity contribution in [3.05, 3.63) is 72.7 Å². The fourth-order valence-electron chi connectivity index (χ4n) is 4.03. The number of rotatable bonds is 4. The van der Waals surface area contributed by atoms with Crippen molar-refractivity contribution in [3.63, 3.8) is 0 Å². The highest BCUT2D eigenvalue weighted by Gasteiger charge is 2.23. The summed E-state index contributed by atoms with van der Waals surface area (Å²) in [6, 6.07) is 17.8. The molecule has 0 aliphatic carbocycles. The lowest BCUT2D eigenvalue weighted by atomic mass is 9.93. The van der Waals surface area contributed by atoms with E-state index < -0.39 is 0 Å². The normalized spacial score (nSPS) is 16.8. The van der Waals surface area contributed by atoms with Gasteiger partial charge in [-0.2, -0.15) is 0 Å². The average Bonchev–Trinajstić information content (AvgIpc) is 3.17. The van der Waals surface area contributed by atoms with Crippen molar-refractivity contribution in [2.75, 3.05) is 18.8 Å². The molecule has 1 unspecified atom stereocenters. The van der Waals surface area contributed by atoms with Crippen LogP contribution in [-0.2, 0) is 0 Å². The molecule has 2 aromatic heterocycles. The number of fused-ring (bicyclic) bond motifs is 1. The van der Waals surface area contributed by atoms with Crippen LogP contribution in [0.25, 0.3) is 16.7 Å². The largest absolute Gasteiger partial charge is 0.457 e. The van der Waals surface area contributed by atoms with Crippen LogP contribution in [0.15, 0.2) is 67.1 Å². The molecule has 0 radical (unpaired) electrons. The smallest absolute Gasteiger partial charge is 0.151 e. The first-order chi connectivity index (χ1) is 14.3.